The molecule has 0 fully saturated rings. The average Bonchev–Trinajstić information content (AvgIpc) is 3.18. The van der Waals surface area contributed by atoms with E-state index in [2.05, 4.69) is 15.3 Å². The van der Waals surface area contributed by atoms with Crippen molar-refractivity contribution in [1.82, 2.24) is 15.3 Å². The number of aromatic nitrogens is 2. The van der Waals surface area contributed by atoms with E-state index in [1.165, 1.54) is 0 Å². The lowest BCUT2D eigenvalue weighted by Crippen LogP contribution is -2.30. The van der Waals surface area contributed by atoms with Crippen LogP contribution in [0.5, 0.6) is 5.75 Å². The van der Waals surface area contributed by atoms with Gasteiger partial charge in [-0.15, -0.1) is 0 Å². The lowest BCUT2D eigenvalue weighted by molar-refractivity contribution is 0.0939. The molecule has 4 N–H and O–H groups in total. The zero-order valence-electron chi connectivity index (χ0n) is 15.6. The largest absolute Gasteiger partial charge is 0.508 e. The summed E-state index contributed by atoms with van der Waals surface area (Å²) in [6.45, 7) is 0. The van der Waals surface area contributed by atoms with Gasteiger partial charge >= 0.3 is 0 Å². The summed E-state index contributed by atoms with van der Waals surface area (Å²) in [6.07, 6.45) is 5.16. The van der Waals surface area contributed by atoms with Gasteiger partial charge in [0.15, 0.2) is 0 Å². The molecule has 0 aliphatic carbocycles. The highest BCUT2D eigenvalue weighted by Crippen LogP contribution is 2.28. The van der Waals surface area contributed by atoms with Crippen molar-refractivity contribution in [2.45, 2.75) is 12.5 Å². The first-order valence-electron chi connectivity index (χ1n) is 9.26. The van der Waals surface area contributed by atoms with Gasteiger partial charge in [-0.05, 0) is 18.2 Å². The molecule has 0 saturated carbocycles. The van der Waals surface area contributed by atoms with Crippen LogP contribution in [-0.4, -0.2) is 26.7 Å². The van der Waals surface area contributed by atoms with E-state index < -0.39 is 6.04 Å². The third-order valence-electron chi connectivity index (χ3n) is 4.87. The molecule has 29 heavy (non-hydrogen) atoms. The Morgan fingerprint density at radius 3 is 2.69 bits per heavy atom. The highest BCUT2D eigenvalue weighted by Gasteiger charge is 2.22. The van der Waals surface area contributed by atoms with Crippen LogP contribution in [0.2, 0.25) is 0 Å². The maximum absolute atomic E-state index is 13.0. The van der Waals surface area contributed by atoms with Crippen LogP contribution >= 0.6 is 0 Å². The van der Waals surface area contributed by atoms with Crippen molar-refractivity contribution in [2.75, 3.05) is 0 Å². The number of phenols is 1. The summed E-state index contributed by atoms with van der Waals surface area (Å²) in [7, 11) is 0. The summed E-state index contributed by atoms with van der Waals surface area (Å²) in [4.78, 5) is 20.2. The Bertz CT molecular complexity index is 1170. The molecule has 1 amide bonds. The summed E-state index contributed by atoms with van der Waals surface area (Å²) < 4.78 is 0. The Balaban J connectivity index is 1.64. The van der Waals surface area contributed by atoms with Gasteiger partial charge in [0.25, 0.3) is 5.91 Å². The topological polar surface area (TPSA) is 102 Å². The van der Waals surface area contributed by atoms with Crippen LogP contribution in [0.4, 0.5) is 0 Å². The Morgan fingerprint density at radius 2 is 1.90 bits per heavy atom. The van der Waals surface area contributed by atoms with Gasteiger partial charge in [-0.2, -0.15) is 0 Å². The fourth-order valence-corrected chi connectivity index (χ4v) is 3.38. The molecule has 2 aromatic heterocycles. The minimum atomic E-state index is -0.565. The van der Waals surface area contributed by atoms with E-state index in [-0.39, 0.29) is 18.1 Å². The number of nitrogens with zero attached hydrogens (tertiary/aromatic N) is 1. The number of phenolic OH excluding ortho intramolecular Hbond substituents is 1. The Kier molecular flexibility index (Phi) is 5.07. The first-order chi connectivity index (χ1) is 14.1. The van der Waals surface area contributed by atoms with Crippen LogP contribution < -0.4 is 5.32 Å². The van der Waals surface area contributed by atoms with E-state index in [1.54, 1.807) is 55.0 Å². The van der Waals surface area contributed by atoms with Crippen molar-refractivity contribution in [3.8, 4) is 5.75 Å². The minimum Gasteiger partial charge on any atom is -0.508 e. The maximum atomic E-state index is 13.0. The molecule has 0 aliphatic heterocycles. The number of para-hydroxylation sites is 2. The van der Waals surface area contributed by atoms with Gasteiger partial charge in [-0.25, -0.2) is 0 Å². The predicted octanol–water partition coefficient (Wildman–Crippen LogP) is 4.20. The molecule has 1 unspecified atom stereocenters. The second kappa shape index (κ2) is 7.98. The number of aromatic hydroxyl groups is 1. The molecular weight excluding hydrogens is 364 g/mol. The molecule has 4 aromatic rings. The van der Waals surface area contributed by atoms with E-state index in [0.717, 1.165) is 10.9 Å². The number of amides is 1. The monoisotopic (exact) mass is 384 g/mol. The molecule has 6 nitrogen and oxygen atoms in total. The average molecular weight is 384 g/mol. The second-order valence-electron chi connectivity index (χ2n) is 6.76. The number of H-pyrrole nitrogens is 1. The number of pyridine rings is 1. The molecule has 2 heterocycles. The van der Waals surface area contributed by atoms with E-state index in [4.69, 9.17) is 5.41 Å². The number of carbonyl (C=O) groups is 1. The molecule has 4 rings (SSSR count). The Morgan fingerprint density at radius 1 is 1.10 bits per heavy atom. The third kappa shape index (κ3) is 3.87. The molecule has 0 spiro atoms. The van der Waals surface area contributed by atoms with Gasteiger partial charge in [-0.3, -0.25) is 9.78 Å². The predicted molar refractivity (Wildman–Crippen MR) is 112 cm³/mol. The molecule has 0 bridgehead atoms. The summed E-state index contributed by atoms with van der Waals surface area (Å²) in [6, 6.07) is 17.4. The third-order valence-corrected chi connectivity index (χ3v) is 4.87. The van der Waals surface area contributed by atoms with Crippen molar-refractivity contribution >= 4 is 22.5 Å². The molecule has 144 valence electrons. The van der Waals surface area contributed by atoms with E-state index >= 15 is 0 Å². The van der Waals surface area contributed by atoms with Gasteiger partial charge in [0, 0.05) is 52.8 Å². The number of carbonyl (C=O) groups excluding carboxylic acids is 1. The summed E-state index contributed by atoms with van der Waals surface area (Å²) in [5, 5.41) is 22.6. The lowest BCUT2D eigenvalue weighted by Gasteiger charge is -2.20. The van der Waals surface area contributed by atoms with E-state index in [9.17, 15) is 9.90 Å². The van der Waals surface area contributed by atoms with Crippen LogP contribution in [0.15, 0.2) is 79.3 Å². The first-order valence-corrected chi connectivity index (χ1v) is 9.26. The van der Waals surface area contributed by atoms with Gasteiger partial charge in [-0.1, -0.05) is 42.5 Å². The number of benzene rings is 2. The molecule has 6 heteroatoms. The summed E-state index contributed by atoms with van der Waals surface area (Å²) in [5.41, 5.74) is 2.96. The number of nitrogens with one attached hydrogen (secondary N) is 3. The molecular formula is C23H20N4O2. The SMILES string of the molecule is N=C(CC(NC(=O)c1c[nH]c2ccccc12)c1ccccc1O)c1cccnc1. The van der Waals surface area contributed by atoms with Crippen LogP contribution in [0.3, 0.4) is 0 Å². The van der Waals surface area contributed by atoms with Crippen LogP contribution in [0, 0.1) is 5.41 Å². The standard InChI is InChI=1S/C23H20N4O2/c24-19(15-6-5-11-25-13-15)12-21(17-8-2-4-10-22(17)28)27-23(29)18-14-26-20-9-3-1-7-16(18)20/h1-11,13-14,21,24,26,28H,12H2,(H,27,29). The first kappa shape index (κ1) is 18.4. The van der Waals surface area contributed by atoms with E-state index in [0.29, 0.717) is 22.4 Å². The molecule has 1 atom stereocenters. The highest BCUT2D eigenvalue weighted by molar-refractivity contribution is 6.07. The molecule has 0 saturated heterocycles. The van der Waals surface area contributed by atoms with Gasteiger partial charge in [0.05, 0.1) is 11.6 Å². The summed E-state index contributed by atoms with van der Waals surface area (Å²) in [5.74, 6) is -0.189. The number of aromatic amines is 1. The van der Waals surface area contributed by atoms with Crippen LogP contribution in [-0.2, 0) is 0 Å². The minimum absolute atomic E-state index is 0.0794. The van der Waals surface area contributed by atoms with Gasteiger partial charge in [0.1, 0.15) is 5.75 Å². The maximum Gasteiger partial charge on any atom is 0.253 e. The normalized spacial score (nSPS) is 11.9. The van der Waals surface area contributed by atoms with Crippen molar-refractivity contribution < 1.29 is 9.90 Å². The summed E-state index contributed by atoms with van der Waals surface area (Å²) >= 11 is 0. The van der Waals surface area contributed by atoms with Crippen LogP contribution in [0.1, 0.15) is 33.9 Å². The fraction of sp³-hybridized carbons (Fsp3) is 0.0870. The number of rotatable bonds is 6. The zero-order chi connectivity index (χ0) is 20.2. The van der Waals surface area contributed by atoms with Crippen LogP contribution in [0.25, 0.3) is 10.9 Å². The Labute approximate surface area is 167 Å². The lowest BCUT2D eigenvalue weighted by atomic mass is 9.97. The van der Waals surface area contributed by atoms with Crippen molar-refractivity contribution in [3.63, 3.8) is 0 Å². The van der Waals surface area contributed by atoms with Crippen molar-refractivity contribution in [2.24, 2.45) is 0 Å². The van der Waals surface area contributed by atoms with E-state index in [1.807, 2.05) is 24.3 Å². The molecule has 2 aromatic carbocycles. The highest BCUT2D eigenvalue weighted by atomic mass is 16.3. The Hall–Kier alpha value is -3.93. The van der Waals surface area contributed by atoms with Crippen molar-refractivity contribution in [1.29, 1.82) is 5.41 Å². The van der Waals surface area contributed by atoms with Gasteiger partial charge < -0.3 is 20.8 Å². The molecule has 0 aliphatic rings. The quantitative estimate of drug-likeness (QED) is 0.375. The molecule has 0 radical (unpaired) electrons. The second-order valence-corrected chi connectivity index (χ2v) is 6.76. The number of hydrogen-bond donors (Lipinski definition) is 4. The number of fused-ring (bicyclic) bond motifs is 1. The number of hydrogen-bond acceptors (Lipinski definition) is 4. The van der Waals surface area contributed by atoms with Crippen molar-refractivity contribution in [3.05, 3.63) is 95.9 Å². The smallest absolute Gasteiger partial charge is 0.253 e. The fourth-order valence-electron chi connectivity index (χ4n) is 3.38. The van der Waals surface area contributed by atoms with Gasteiger partial charge in [0.2, 0.25) is 0 Å². The zero-order valence-corrected chi connectivity index (χ0v) is 15.6.